The number of nitrogens with one attached hydrogen (secondary N) is 2. The lowest BCUT2D eigenvalue weighted by Gasteiger charge is -2.12. The van der Waals surface area contributed by atoms with Crippen molar-refractivity contribution in [3.05, 3.63) is 85.1 Å². The standard InChI is InChI=1S/C22H19N3O5S2/c1-30-19-11-7-17(8-12-19)24-31(26,27)20-13-9-18(10-14-20)25-32(28,29)21-6-2-4-16-5-3-15-23-22(16)21/h2-15,24-25H,1H3. The number of pyridine rings is 1. The van der Waals surface area contributed by atoms with Crippen molar-refractivity contribution in [2.24, 2.45) is 0 Å². The van der Waals surface area contributed by atoms with Gasteiger partial charge in [-0.2, -0.15) is 0 Å². The van der Waals surface area contributed by atoms with E-state index in [1.807, 2.05) is 0 Å². The summed E-state index contributed by atoms with van der Waals surface area (Å²) in [6, 6.07) is 20.2. The number of rotatable bonds is 7. The molecule has 0 aliphatic rings. The van der Waals surface area contributed by atoms with Crippen molar-refractivity contribution in [3.8, 4) is 5.75 Å². The first-order valence-electron chi connectivity index (χ1n) is 9.42. The van der Waals surface area contributed by atoms with E-state index in [9.17, 15) is 16.8 Å². The predicted octanol–water partition coefficient (Wildman–Crippen LogP) is 3.85. The van der Waals surface area contributed by atoms with E-state index < -0.39 is 20.0 Å². The molecule has 3 aromatic carbocycles. The Morgan fingerprint density at radius 2 is 1.31 bits per heavy atom. The Hall–Kier alpha value is -3.63. The molecule has 4 aromatic rings. The Kier molecular flexibility index (Phi) is 5.72. The molecule has 2 N–H and O–H groups in total. The number of para-hydroxylation sites is 1. The largest absolute Gasteiger partial charge is 0.497 e. The Morgan fingerprint density at radius 1 is 0.719 bits per heavy atom. The zero-order valence-corrected chi connectivity index (χ0v) is 18.5. The van der Waals surface area contributed by atoms with Gasteiger partial charge in [-0.15, -0.1) is 0 Å². The third-order valence-corrected chi connectivity index (χ3v) is 7.45. The van der Waals surface area contributed by atoms with Crippen molar-refractivity contribution in [2.45, 2.75) is 9.79 Å². The lowest BCUT2D eigenvalue weighted by atomic mass is 10.2. The number of fused-ring (bicyclic) bond motifs is 1. The van der Waals surface area contributed by atoms with Crippen LogP contribution in [0.1, 0.15) is 0 Å². The Labute approximate surface area is 186 Å². The summed E-state index contributed by atoms with van der Waals surface area (Å²) in [6.07, 6.45) is 1.52. The van der Waals surface area contributed by atoms with Crippen molar-refractivity contribution < 1.29 is 21.6 Å². The normalized spacial score (nSPS) is 11.8. The molecule has 0 unspecified atom stereocenters. The van der Waals surface area contributed by atoms with Crippen LogP contribution in [0.3, 0.4) is 0 Å². The molecular formula is C22H19N3O5S2. The number of hydrogen-bond acceptors (Lipinski definition) is 6. The molecule has 1 aromatic heterocycles. The van der Waals surface area contributed by atoms with E-state index in [1.165, 1.54) is 43.6 Å². The van der Waals surface area contributed by atoms with Gasteiger partial charge in [0.25, 0.3) is 20.0 Å². The lowest BCUT2D eigenvalue weighted by molar-refractivity contribution is 0.415. The van der Waals surface area contributed by atoms with Crippen LogP contribution < -0.4 is 14.2 Å². The molecule has 0 saturated heterocycles. The van der Waals surface area contributed by atoms with Gasteiger partial charge in [0.05, 0.1) is 17.5 Å². The first kappa shape index (κ1) is 21.6. The highest BCUT2D eigenvalue weighted by Gasteiger charge is 2.19. The third kappa shape index (κ3) is 4.51. The molecule has 0 spiro atoms. The summed E-state index contributed by atoms with van der Waals surface area (Å²) in [7, 11) is -6.27. The van der Waals surface area contributed by atoms with Gasteiger partial charge in [-0.3, -0.25) is 14.4 Å². The highest BCUT2D eigenvalue weighted by molar-refractivity contribution is 7.93. The van der Waals surface area contributed by atoms with Gasteiger partial charge < -0.3 is 4.74 Å². The summed E-state index contributed by atoms with van der Waals surface area (Å²) < 4.78 is 61.1. The summed E-state index contributed by atoms with van der Waals surface area (Å²) in [6.45, 7) is 0. The smallest absolute Gasteiger partial charge is 0.264 e. The van der Waals surface area contributed by atoms with Gasteiger partial charge in [0, 0.05) is 23.0 Å². The number of sulfonamides is 2. The van der Waals surface area contributed by atoms with E-state index in [0.29, 0.717) is 22.3 Å². The second-order valence-electron chi connectivity index (χ2n) is 6.80. The van der Waals surface area contributed by atoms with Gasteiger partial charge in [-0.25, -0.2) is 16.8 Å². The van der Waals surface area contributed by atoms with Gasteiger partial charge >= 0.3 is 0 Å². The van der Waals surface area contributed by atoms with Crippen molar-refractivity contribution >= 4 is 42.3 Å². The van der Waals surface area contributed by atoms with Gasteiger partial charge in [-0.05, 0) is 60.7 Å². The van der Waals surface area contributed by atoms with Crippen LogP contribution in [0.5, 0.6) is 5.75 Å². The van der Waals surface area contributed by atoms with E-state index in [-0.39, 0.29) is 15.5 Å². The van der Waals surface area contributed by atoms with Crippen LogP contribution in [-0.4, -0.2) is 28.9 Å². The highest BCUT2D eigenvalue weighted by Crippen LogP contribution is 2.25. The van der Waals surface area contributed by atoms with Crippen LogP contribution in [0, 0.1) is 0 Å². The topological polar surface area (TPSA) is 114 Å². The molecule has 0 aliphatic carbocycles. The zero-order chi connectivity index (χ0) is 22.8. The number of benzene rings is 3. The fraction of sp³-hybridized carbons (Fsp3) is 0.0455. The van der Waals surface area contributed by atoms with Crippen LogP contribution in [0.4, 0.5) is 11.4 Å². The van der Waals surface area contributed by atoms with Crippen molar-refractivity contribution in [1.82, 2.24) is 4.98 Å². The number of ether oxygens (including phenoxy) is 1. The van der Waals surface area contributed by atoms with Crippen molar-refractivity contribution in [2.75, 3.05) is 16.6 Å². The van der Waals surface area contributed by atoms with E-state index >= 15 is 0 Å². The maximum Gasteiger partial charge on any atom is 0.264 e. The fourth-order valence-electron chi connectivity index (χ4n) is 3.08. The van der Waals surface area contributed by atoms with Gasteiger partial charge in [-0.1, -0.05) is 18.2 Å². The van der Waals surface area contributed by atoms with Crippen LogP contribution >= 0.6 is 0 Å². The van der Waals surface area contributed by atoms with Gasteiger partial charge in [0.2, 0.25) is 0 Å². The molecule has 0 radical (unpaired) electrons. The number of anilines is 2. The maximum atomic E-state index is 12.9. The quantitative estimate of drug-likeness (QED) is 0.425. The molecule has 32 heavy (non-hydrogen) atoms. The van der Waals surface area contributed by atoms with E-state index in [0.717, 1.165) is 0 Å². The summed E-state index contributed by atoms with van der Waals surface area (Å²) in [5.74, 6) is 0.603. The lowest BCUT2D eigenvalue weighted by Crippen LogP contribution is -2.15. The molecule has 0 fully saturated rings. The minimum absolute atomic E-state index is 0.0110. The van der Waals surface area contributed by atoms with Crippen molar-refractivity contribution in [3.63, 3.8) is 0 Å². The molecule has 0 aliphatic heterocycles. The van der Waals surface area contributed by atoms with E-state index in [2.05, 4.69) is 14.4 Å². The Bertz CT molecular complexity index is 1460. The summed E-state index contributed by atoms with van der Waals surface area (Å²) in [5, 5.41) is 0.696. The third-order valence-electron chi connectivity index (χ3n) is 4.64. The molecule has 4 rings (SSSR count). The summed E-state index contributed by atoms with van der Waals surface area (Å²) in [5.41, 5.74) is 0.950. The first-order chi connectivity index (χ1) is 15.3. The second kappa shape index (κ2) is 8.48. The minimum Gasteiger partial charge on any atom is -0.497 e. The van der Waals surface area contributed by atoms with E-state index in [1.54, 1.807) is 48.5 Å². The van der Waals surface area contributed by atoms with Gasteiger partial charge in [0.1, 0.15) is 10.6 Å². The molecule has 0 atom stereocenters. The number of nitrogens with zero attached hydrogens (tertiary/aromatic N) is 1. The molecule has 0 bridgehead atoms. The predicted molar refractivity (Wildman–Crippen MR) is 123 cm³/mol. The molecule has 0 saturated carbocycles. The number of hydrogen-bond donors (Lipinski definition) is 2. The molecule has 1 heterocycles. The average Bonchev–Trinajstić information content (AvgIpc) is 2.79. The summed E-state index contributed by atoms with van der Waals surface area (Å²) in [4.78, 5) is 4.20. The highest BCUT2D eigenvalue weighted by atomic mass is 32.2. The number of methoxy groups -OCH3 is 1. The Balaban J connectivity index is 1.55. The monoisotopic (exact) mass is 469 g/mol. The molecule has 10 heteroatoms. The fourth-order valence-corrected chi connectivity index (χ4v) is 5.38. The summed E-state index contributed by atoms with van der Waals surface area (Å²) >= 11 is 0. The average molecular weight is 470 g/mol. The second-order valence-corrected chi connectivity index (χ2v) is 10.1. The Morgan fingerprint density at radius 3 is 1.97 bits per heavy atom. The molecule has 8 nitrogen and oxygen atoms in total. The van der Waals surface area contributed by atoms with Crippen LogP contribution in [-0.2, 0) is 20.0 Å². The molecule has 0 amide bonds. The van der Waals surface area contributed by atoms with E-state index in [4.69, 9.17) is 4.74 Å². The van der Waals surface area contributed by atoms with Gasteiger partial charge in [0.15, 0.2) is 0 Å². The molecular weight excluding hydrogens is 450 g/mol. The maximum absolute atomic E-state index is 12.9. The minimum atomic E-state index is -3.93. The van der Waals surface area contributed by atoms with Crippen molar-refractivity contribution in [1.29, 1.82) is 0 Å². The number of aromatic nitrogens is 1. The first-order valence-corrected chi connectivity index (χ1v) is 12.4. The van der Waals surface area contributed by atoms with Crippen LogP contribution in [0.2, 0.25) is 0 Å². The molecule has 164 valence electrons. The SMILES string of the molecule is COc1ccc(NS(=O)(=O)c2ccc(NS(=O)(=O)c3cccc4cccnc34)cc2)cc1. The zero-order valence-electron chi connectivity index (χ0n) is 16.9. The van der Waals surface area contributed by atoms with Crippen LogP contribution in [0.15, 0.2) is 94.9 Å². The van der Waals surface area contributed by atoms with Crippen LogP contribution in [0.25, 0.3) is 10.9 Å².